The predicted molar refractivity (Wildman–Crippen MR) is 75.2 cm³/mol. The molecule has 0 bridgehead atoms. The van der Waals surface area contributed by atoms with E-state index in [4.69, 9.17) is 27.9 Å². The van der Waals surface area contributed by atoms with Crippen LogP contribution in [-0.2, 0) is 0 Å². The number of halogens is 2. The summed E-state index contributed by atoms with van der Waals surface area (Å²) in [6, 6.07) is 5.45. The van der Waals surface area contributed by atoms with Gasteiger partial charge in [0.25, 0.3) is 0 Å². The Bertz CT molecular complexity index is 392. The number of hydrogen-bond acceptors (Lipinski definition) is 1. The normalized spacial score (nSPS) is 12.6. The Balaban J connectivity index is 2.87. The molecule has 0 spiro atoms. The molecule has 0 saturated heterocycles. The molecule has 0 radical (unpaired) electrons. The van der Waals surface area contributed by atoms with Crippen LogP contribution in [0, 0.1) is 5.41 Å². The summed E-state index contributed by atoms with van der Waals surface area (Å²) in [4.78, 5) is 0. The molecule has 0 heterocycles. The number of hydrogen-bond donors (Lipinski definition) is 0. The Morgan fingerprint density at radius 1 is 1.06 bits per heavy atom. The van der Waals surface area contributed by atoms with E-state index in [2.05, 4.69) is 34.6 Å². The second kappa shape index (κ2) is 5.07. The van der Waals surface area contributed by atoms with Gasteiger partial charge in [0.2, 0.25) is 0 Å². The molecule has 0 saturated carbocycles. The molecule has 3 heteroatoms. The first-order valence-corrected chi connectivity index (χ1v) is 6.49. The highest BCUT2D eigenvalue weighted by molar-refractivity contribution is 6.42. The van der Waals surface area contributed by atoms with Gasteiger partial charge >= 0.3 is 0 Å². The molecule has 0 fully saturated rings. The van der Waals surface area contributed by atoms with E-state index in [0.717, 1.165) is 6.42 Å². The zero-order chi connectivity index (χ0) is 13.3. The molecule has 1 rings (SSSR count). The van der Waals surface area contributed by atoms with Crippen molar-refractivity contribution in [2.75, 3.05) is 0 Å². The standard InChI is InChI=1S/C14H20Cl2O/c1-13(2,3)9-14(4,5)17-11-8-6-7-10(15)12(11)16/h6-8H,9H2,1-5H3. The summed E-state index contributed by atoms with van der Waals surface area (Å²) >= 11 is 12.1. The molecule has 0 aliphatic heterocycles. The molecule has 0 amide bonds. The molecular weight excluding hydrogens is 255 g/mol. The monoisotopic (exact) mass is 274 g/mol. The molecule has 0 aliphatic carbocycles. The van der Waals surface area contributed by atoms with Gasteiger partial charge in [0, 0.05) is 0 Å². The maximum Gasteiger partial charge on any atom is 0.140 e. The fraction of sp³-hybridized carbons (Fsp3) is 0.571. The van der Waals surface area contributed by atoms with Gasteiger partial charge in [-0.05, 0) is 37.8 Å². The molecule has 1 aromatic rings. The first-order valence-electron chi connectivity index (χ1n) is 5.74. The molecule has 1 aromatic carbocycles. The third-order valence-corrected chi connectivity index (χ3v) is 3.06. The Morgan fingerprint density at radius 2 is 1.65 bits per heavy atom. The second-order valence-corrected chi connectivity index (χ2v) is 6.94. The Kier molecular flexibility index (Phi) is 4.38. The van der Waals surface area contributed by atoms with Gasteiger partial charge in [0.05, 0.1) is 5.02 Å². The van der Waals surface area contributed by atoms with Crippen LogP contribution < -0.4 is 4.74 Å². The third-order valence-electron chi connectivity index (χ3n) is 2.26. The van der Waals surface area contributed by atoms with E-state index in [1.165, 1.54) is 0 Å². The van der Waals surface area contributed by atoms with E-state index < -0.39 is 0 Å². The number of rotatable bonds is 3. The molecule has 1 nitrogen and oxygen atoms in total. The van der Waals surface area contributed by atoms with Gasteiger partial charge in [-0.25, -0.2) is 0 Å². The van der Waals surface area contributed by atoms with E-state index in [-0.39, 0.29) is 11.0 Å². The summed E-state index contributed by atoms with van der Waals surface area (Å²) in [6.07, 6.45) is 0.933. The van der Waals surface area contributed by atoms with Gasteiger partial charge in [-0.15, -0.1) is 0 Å². The van der Waals surface area contributed by atoms with Crippen LogP contribution in [0.15, 0.2) is 18.2 Å². The molecule has 17 heavy (non-hydrogen) atoms. The minimum atomic E-state index is -0.271. The van der Waals surface area contributed by atoms with Crippen molar-refractivity contribution in [2.45, 2.75) is 46.6 Å². The van der Waals surface area contributed by atoms with Gasteiger partial charge in [-0.3, -0.25) is 0 Å². The molecule has 0 aliphatic rings. The van der Waals surface area contributed by atoms with Crippen molar-refractivity contribution in [3.05, 3.63) is 28.2 Å². The Morgan fingerprint density at radius 3 is 2.18 bits per heavy atom. The first-order chi connectivity index (χ1) is 7.61. The van der Waals surface area contributed by atoms with Crippen molar-refractivity contribution in [1.29, 1.82) is 0 Å². The smallest absolute Gasteiger partial charge is 0.140 e. The van der Waals surface area contributed by atoms with Gasteiger partial charge in [0.15, 0.2) is 0 Å². The SMILES string of the molecule is CC(C)(C)CC(C)(C)Oc1cccc(Cl)c1Cl. The van der Waals surface area contributed by atoms with Crippen LogP contribution in [0.25, 0.3) is 0 Å². The lowest BCUT2D eigenvalue weighted by Gasteiger charge is -2.33. The van der Waals surface area contributed by atoms with Crippen molar-refractivity contribution in [3.63, 3.8) is 0 Å². The first kappa shape index (κ1) is 14.7. The van der Waals surface area contributed by atoms with E-state index in [1.807, 2.05) is 12.1 Å². The average Bonchev–Trinajstić information content (AvgIpc) is 2.08. The quantitative estimate of drug-likeness (QED) is 0.699. The lowest BCUT2D eigenvalue weighted by atomic mass is 9.83. The second-order valence-electron chi connectivity index (χ2n) is 6.15. The molecule has 0 atom stereocenters. The van der Waals surface area contributed by atoms with Crippen molar-refractivity contribution in [1.82, 2.24) is 0 Å². The summed E-state index contributed by atoms with van der Waals surface area (Å²) in [5.74, 6) is 0.647. The summed E-state index contributed by atoms with van der Waals surface area (Å²) < 4.78 is 5.97. The summed E-state index contributed by atoms with van der Waals surface area (Å²) in [5, 5.41) is 1.01. The van der Waals surface area contributed by atoms with Crippen LogP contribution in [-0.4, -0.2) is 5.60 Å². The third kappa shape index (κ3) is 4.77. The highest BCUT2D eigenvalue weighted by Gasteiger charge is 2.28. The summed E-state index contributed by atoms with van der Waals surface area (Å²) in [6.45, 7) is 10.7. The maximum absolute atomic E-state index is 6.11. The molecular formula is C14H20Cl2O. The lowest BCUT2D eigenvalue weighted by molar-refractivity contribution is 0.0623. The summed E-state index contributed by atoms with van der Waals surface area (Å²) in [7, 11) is 0. The van der Waals surface area contributed by atoms with Gasteiger partial charge < -0.3 is 4.74 Å². The lowest BCUT2D eigenvalue weighted by Crippen LogP contribution is -2.33. The number of ether oxygens (including phenoxy) is 1. The van der Waals surface area contributed by atoms with Crippen LogP contribution in [0.2, 0.25) is 10.0 Å². The van der Waals surface area contributed by atoms with Crippen molar-refractivity contribution in [3.8, 4) is 5.75 Å². The Hall–Kier alpha value is -0.400. The van der Waals surface area contributed by atoms with Crippen molar-refractivity contribution < 1.29 is 4.74 Å². The minimum Gasteiger partial charge on any atom is -0.486 e. The van der Waals surface area contributed by atoms with Crippen molar-refractivity contribution in [2.24, 2.45) is 5.41 Å². The minimum absolute atomic E-state index is 0.203. The fourth-order valence-electron chi connectivity index (χ4n) is 2.17. The van der Waals surface area contributed by atoms with E-state index >= 15 is 0 Å². The molecule has 0 unspecified atom stereocenters. The Labute approximate surface area is 114 Å². The van der Waals surface area contributed by atoms with Crippen LogP contribution in [0.3, 0.4) is 0 Å². The largest absolute Gasteiger partial charge is 0.486 e. The van der Waals surface area contributed by atoms with Crippen LogP contribution in [0.1, 0.15) is 41.0 Å². The van der Waals surface area contributed by atoms with Crippen LogP contribution in [0.4, 0.5) is 0 Å². The van der Waals surface area contributed by atoms with E-state index in [0.29, 0.717) is 15.8 Å². The highest BCUT2D eigenvalue weighted by Crippen LogP contribution is 2.36. The van der Waals surface area contributed by atoms with Crippen LogP contribution >= 0.6 is 23.2 Å². The van der Waals surface area contributed by atoms with Crippen LogP contribution in [0.5, 0.6) is 5.75 Å². The van der Waals surface area contributed by atoms with E-state index in [1.54, 1.807) is 6.07 Å². The zero-order valence-electron chi connectivity index (χ0n) is 11.1. The van der Waals surface area contributed by atoms with Gasteiger partial charge in [0.1, 0.15) is 16.4 Å². The number of benzene rings is 1. The zero-order valence-corrected chi connectivity index (χ0v) is 12.6. The fourth-order valence-corrected chi connectivity index (χ4v) is 2.50. The van der Waals surface area contributed by atoms with E-state index in [9.17, 15) is 0 Å². The summed E-state index contributed by atoms with van der Waals surface area (Å²) in [5.41, 5.74) is -0.0683. The molecule has 0 N–H and O–H groups in total. The van der Waals surface area contributed by atoms with Crippen molar-refractivity contribution >= 4 is 23.2 Å². The molecule has 0 aromatic heterocycles. The molecule has 96 valence electrons. The van der Waals surface area contributed by atoms with Gasteiger partial charge in [-0.2, -0.15) is 0 Å². The predicted octanol–water partition coefficient (Wildman–Crippen LogP) is 5.59. The maximum atomic E-state index is 6.11. The van der Waals surface area contributed by atoms with Gasteiger partial charge in [-0.1, -0.05) is 50.0 Å². The average molecular weight is 275 g/mol. The highest BCUT2D eigenvalue weighted by atomic mass is 35.5. The topological polar surface area (TPSA) is 9.23 Å².